The Morgan fingerprint density at radius 3 is 2.31 bits per heavy atom. The average molecular weight is 248 g/mol. The Morgan fingerprint density at radius 1 is 1.44 bits per heavy atom. The maximum absolute atomic E-state index is 12.7. The number of rotatable bonds is 4. The highest BCUT2D eigenvalue weighted by Crippen LogP contribution is 2.22. The molecule has 1 aromatic rings. The molecule has 1 aromatic carbocycles. The molecule has 1 rings (SSSR count). The van der Waals surface area contributed by atoms with E-state index < -0.39 is 12.0 Å². The first-order valence-corrected chi connectivity index (χ1v) is 4.80. The Balaban J connectivity index is 0.00000225. The Bertz CT molecular complexity index is 342. The molecule has 0 aliphatic rings. The van der Waals surface area contributed by atoms with E-state index in [0.29, 0.717) is 6.42 Å². The van der Waals surface area contributed by atoms with Gasteiger partial charge in [-0.25, -0.2) is 4.39 Å². The molecule has 0 aromatic heterocycles. The lowest BCUT2D eigenvalue weighted by molar-refractivity contribution is -0.139. The van der Waals surface area contributed by atoms with E-state index >= 15 is 0 Å². The molecule has 3 N–H and O–H groups in total. The molecule has 16 heavy (non-hydrogen) atoms. The summed E-state index contributed by atoms with van der Waals surface area (Å²) in [5.41, 5.74) is 6.31. The van der Waals surface area contributed by atoms with Crippen LogP contribution in [-0.4, -0.2) is 17.1 Å². The second-order valence-corrected chi connectivity index (χ2v) is 3.43. The van der Waals surface area contributed by atoms with Gasteiger partial charge in [-0.3, -0.25) is 4.79 Å². The van der Waals surface area contributed by atoms with E-state index in [0.717, 1.165) is 5.56 Å². The lowest BCUT2D eigenvalue weighted by atomic mass is 9.90. The Hall–Kier alpha value is -1.13. The van der Waals surface area contributed by atoms with Crippen LogP contribution in [0.3, 0.4) is 0 Å². The van der Waals surface area contributed by atoms with Crippen molar-refractivity contribution in [1.29, 1.82) is 0 Å². The summed E-state index contributed by atoms with van der Waals surface area (Å²) >= 11 is 0. The molecule has 90 valence electrons. The van der Waals surface area contributed by atoms with Crippen LogP contribution < -0.4 is 5.73 Å². The fourth-order valence-electron chi connectivity index (χ4n) is 1.58. The average Bonchev–Trinajstić information content (AvgIpc) is 2.21. The normalized spacial score (nSPS) is 13.7. The van der Waals surface area contributed by atoms with Crippen LogP contribution in [0, 0.1) is 5.82 Å². The minimum Gasteiger partial charge on any atom is -0.480 e. The SMILES string of the molecule is CCC(c1ccc(F)cc1)C(N)C(=O)O.Cl. The first-order valence-electron chi connectivity index (χ1n) is 4.80. The van der Waals surface area contributed by atoms with Crippen LogP contribution in [0.4, 0.5) is 4.39 Å². The molecular formula is C11H15ClFNO2. The number of carboxylic acid groups (broad SMARTS) is 1. The van der Waals surface area contributed by atoms with Crippen LogP contribution in [0.5, 0.6) is 0 Å². The van der Waals surface area contributed by atoms with Crippen LogP contribution in [0.1, 0.15) is 24.8 Å². The van der Waals surface area contributed by atoms with Crippen LogP contribution in [-0.2, 0) is 4.79 Å². The largest absolute Gasteiger partial charge is 0.480 e. The third-order valence-electron chi connectivity index (χ3n) is 2.46. The van der Waals surface area contributed by atoms with Gasteiger partial charge in [-0.2, -0.15) is 0 Å². The molecule has 0 fully saturated rings. The van der Waals surface area contributed by atoms with Gasteiger partial charge in [-0.15, -0.1) is 12.4 Å². The first-order chi connectivity index (χ1) is 7.06. The van der Waals surface area contributed by atoms with Gasteiger partial charge in [0, 0.05) is 5.92 Å². The standard InChI is InChI=1S/C11H14FNO2.ClH/c1-2-9(10(13)11(14)15)7-3-5-8(12)6-4-7;/h3-6,9-10H,2,13H2,1H3,(H,14,15);1H. The van der Waals surface area contributed by atoms with Crippen molar-refractivity contribution >= 4 is 18.4 Å². The summed E-state index contributed by atoms with van der Waals surface area (Å²) in [5, 5.41) is 8.80. The van der Waals surface area contributed by atoms with Gasteiger partial charge in [0.2, 0.25) is 0 Å². The van der Waals surface area contributed by atoms with Crippen molar-refractivity contribution in [3.8, 4) is 0 Å². The van der Waals surface area contributed by atoms with Gasteiger partial charge in [0.25, 0.3) is 0 Å². The molecular weight excluding hydrogens is 233 g/mol. The summed E-state index contributed by atoms with van der Waals surface area (Å²) in [5.74, 6) is -1.65. The van der Waals surface area contributed by atoms with Crippen LogP contribution in [0.25, 0.3) is 0 Å². The summed E-state index contributed by atoms with van der Waals surface area (Å²) in [6.45, 7) is 1.86. The summed E-state index contributed by atoms with van der Waals surface area (Å²) in [4.78, 5) is 10.7. The number of halogens is 2. The highest BCUT2D eigenvalue weighted by atomic mass is 35.5. The van der Waals surface area contributed by atoms with E-state index in [1.807, 2.05) is 6.92 Å². The number of aliphatic carboxylic acids is 1. The molecule has 0 aliphatic heterocycles. The van der Waals surface area contributed by atoms with Crippen molar-refractivity contribution in [1.82, 2.24) is 0 Å². The van der Waals surface area contributed by atoms with Crippen LogP contribution >= 0.6 is 12.4 Å². The van der Waals surface area contributed by atoms with Crippen LogP contribution in [0.15, 0.2) is 24.3 Å². The smallest absolute Gasteiger partial charge is 0.321 e. The zero-order valence-electron chi connectivity index (χ0n) is 8.89. The molecule has 2 unspecified atom stereocenters. The number of carboxylic acids is 1. The second kappa shape index (κ2) is 6.45. The molecule has 0 amide bonds. The molecule has 2 atom stereocenters. The molecule has 0 saturated carbocycles. The molecule has 0 saturated heterocycles. The predicted octanol–water partition coefficient (Wildman–Crippen LogP) is 2.15. The van der Waals surface area contributed by atoms with Gasteiger partial charge in [0.05, 0.1) is 0 Å². The lowest BCUT2D eigenvalue weighted by Gasteiger charge is -2.19. The van der Waals surface area contributed by atoms with Gasteiger partial charge in [0.1, 0.15) is 11.9 Å². The maximum atomic E-state index is 12.7. The van der Waals surface area contributed by atoms with Gasteiger partial charge < -0.3 is 10.8 Å². The zero-order chi connectivity index (χ0) is 11.4. The van der Waals surface area contributed by atoms with Crippen molar-refractivity contribution < 1.29 is 14.3 Å². The fraction of sp³-hybridized carbons (Fsp3) is 0.364. The summed E-state index contributed by atoms with van der Waals surface area (Å²) < 4.78 is 12.7. The van der Waals surface area contributed by atoms with Gasteiger partial charge >= 0.3 is 5.97 Å². The summed E-state index contributed by atoms with van der Waals surface area (Å²) in [6, 6.07) is 4.83. The number of carbonyl (C=O) groups is 1. The van der Waals surface area contributed by atoms with Crippen LogP contribution in [0.2, 0.25) is 0 Å². The van der Waals surface area contributed by atoms with Crippen molar-refractivity contribution in [2.24, 2.45) is 5.73 Å². The summed E-state index contributed by atoms with van der Waals surface area (Å²) in [6.07, 6.45) is 0.610. The van der Waals surface area contributed by atoms with Crippen molar-refractivity contribution in [3.63, 3.8) is 0 Å². The molecule has 5 heteroatoms. The number of hydrogen-bond donors (Lipinski definition) is 2. The Labute approximate surface area is 99.9 Å². The Kier molecular flexibility index (Phi) is 6.00. The number of nitrogens with two attached hydrogens (primary N) is 1. The topological polar surface area (TPSA) is 63.3 Å². The number of benzene rings is 1. The lowest BCUT2D eigenvalue weighted by Crippen LogP contribution is -2.36. The van der Waals surface area contributed by atoms with Crippen molar-refractivity contribution in [3.05, 3.63) is 35.6 Å². The predicted molar refractivity (Wildman–Crippen MR) is 62.3 cm³/mol. The van der Waals surface area contributed by atoms with Gasteiger partial charge in [-0.1, -0.05) is 19.1 Å². The van der Waals surface area contributed by atoms with Gasteiger partial charge in [-0.05, 0) is 24.1 Å². The zero-order valence-corrected chi connectivity index (χ0v) is 9.71. The van der Waals surface area contributed by atoms with E-state index in [4.69, 9.17) is 10.8 Å². The quantitative estimate of drug-likeness (QED) is 0.857. The monoisotopic (exact) mass is 247 g/mol. The Morgan fingerprint density at radius 2 is 1.94 bits per heavy atom. The highest BCUT2D eigenvalue weighted by Gasteiger charge is 2.23. The number of hydrogen-bond acceptors (Lipinski definition) is 2. The van der Waals surface area contributed by atoms with Gasteiger partial charge in [0.15, 0.2) is 0 Å². The van der Waals surface area contributed by atoms with Crippen molar-refractivity contribution in [2.75, 3.05) is 0 Å². The van der Waals surface area contributed by atoms with E-state index in [9.17, 15) is 9.18 Å². The van der Waals surface area contributed by atoms with E-state index in [2.05, 4.69) is 0 Å². The molecule has 3 nitrogen and oxygen atoms in total. The molecule has 0 heterocycles. The van der Waals surface area contributed by atoms with Crippen molar-refractivity contribution in [2.45, 2.75) is 25.3 Å². The molecule has 0 spiro atoms. The minimum absolute atomic E-state index is 0. The molecule has 0 aliphatic carbocycles. The van der Waals surface area contributed by atoms with E-state index in [1.54, 1.807) is 12.1 Å². The molecule has 0 bridgehead atoms. The fourth-order valence-corrected chi connectivity index (χ4v) is 1.58. The van der Waals surface area contributed by atoms with E-state index in [1.165, 1.54) is 12.1 Å². The molecule has 0 radical (unpaired) electrons. The maximum Gasteiger partial charge on any atom is 0.321 e. The minimum atomic E-state index is -1.04. The third kappa shape index (κ3) is 3.47. The van der Waals surface area contributed by atoms with E-state index in [-0.39, 0.29) is 24.1 Å². The summed E-state index contributed by atoms with van der Waals surface area (Å²) in [7, 11) is 0. The second-order valence-electron chi connectivity index (χ2n) is 3.43. The third-order valence-corrected chi connectivity index (χ3v) is 2.46. The first kappa shape index (κ1) is 14.9. The highest BCUT2D eigenvalue weighted by molar-refractivity contribution is 5.85.